The highest BCUT2D eigenvalue weighted by Gasteiger charge is 2.20. The van der Waals surface area contributed by atoms with Crippen molar-refractivity contribution in [2.75, 3.05) is 18.6 Å². The number of nitrogens with zero attached hydrogens (tertiary/aromatic N) is 2. The molecule has 0 atom stereocenters. The third-order valence-corrected chi connectivity index (χ3v) is 3.80. The van der Waals surface area contributed by atoms with Crippen LogP contribution in [0.3, 0.4) is 0 Å². The second-order valence-electron chi connectivity index (χ2n) is 5.09. The van der Waals surface area contributed by atoms with Crippen LogP contribution in [0.5, 0.6) is 5.75 Å². The van der Waals surface area contributed by atoms with Crippen LogP contribution >= 0.6 is 0 Å². The minimum atomic E-state index is -0.210. The zero-order chi connectivity index (χ0) is 14.8. The van der Waals surface area contributed by atoms with E-state index >= 15 is 0 Å². The van der Waals surface area contributed by atoms with Crippen LogP contribution in [-0.2, 0) is 13.0 Å². The Bertz CT molecular complexity index is 721. The lowest BCUT2D eigenvalue weighted by Gasteiger charge is -2.20. The number of halogens is 1. The lowest BCUT2D eigenvalue weighted by Crippen LogP contribution is -2.19. The molecule has 1 aliphatic rings. The molecular weight excluding hydrogens is 267 g/mol. The van der Waals surface area contributed by atoms with Crippen molar-refractivity contribution in [2.24, 2.45) is 0 Å². The second kappa shape index (κ2) is 5.45. The van der Waals surface area contributed by atoms with Crippen molar-refractivity contribution < 1.29 is 9.13 Å². The summed E-state index contributed by atoms with van der Waals surface area (Å²) in [6.07, 6.45) is 0.934. The topological polar surface area (TPSA) is 36.3 Å². The first-order valence-electron chi connectivity index (χ1n) is 6.81. The fraction of sp³-hybridized carbons (Fsp3) is 0.235. The third-order valence-electron chi connectivity index (χ3n) is 3.80. The van der Waals surface area contributed by atoms with Gasteiger partial charge >= 0.3 is 0 Å². The molecule has 0 aromatic heterocycles. The number of hydrogen-bond acceptors (Lipinski definition) is 3. The van der Waals surface area contributed by atoms with Crippen LogP contribution in [0.25, 0.3) is 0 Å². The monoisotopic (exact) mass is 282 g/mol. The van der Waals surface area contributed by atoms with Gasteiger partial charge < -0.3 is 9.64 Å². The number of nitriles is 1. The smallest absolute Gasteiger partial charge is 0.136 e. The molecule has 3 nitrogen and oxygen atoms in total. The predicted octanol–water partition coefficient (Wildman–Crippen LogP) is 3.27. The Morgan fingerprint density at radius 2 is 2.14 bits per heavy atom. The first kappa shape index (κ1) is 13.4. The Hall–Kier alpha value is -2.54. The zero-order valence-corrected chi connectivity index (χ0v) is 11.8. The molecule has 4 heteroatoms. The van der Waals surface area contributed by atoms with Crippen molar-refractivity contribution in [3.05, 3.63) is 58.9 Å². The van der Waals surface area contributed by atoms with Crippen LogP contribution in [0.2, 0.25) is 0 Å². The molecule has 0 radical (unpaired) electrons. The molecule has 1 aliphatic heterocycles. The van der Waals surface area contributed by atoms with Gasteiger partial charge in [0, 0.05) is 18.8 Å². The van der Waals surface area contributed by atoms with Crippen molar-refractivity contribution in [3.8, 4) is 11.8 Å². The van der Waals surface area contributed by atoms with E-state index in [1.54, 1.807) is 19.2 Å². The van der Waals surface area contributed by atoms with E-state index in [1.165, 1.54) is 11.6 Å². The molecule has 0 unspecified atom stereocenters. The summed E-state index contributed by atoms with van der Waals surface area (Å²) < 4.78 is 18.6. The first-order chi connectivity index (χ1) is 10.2. The molecule has 21 heavy (non-hydrogen) atoms. The minimum absolute atomic E-state index is 0.210. The molecule has 0 saturated heterocycles. The minimum Gasteiger partial charge on any atom is -0.495 e. The molecule has 0 amide bonds. The summed E-state index contributed by atoms with van der Waals surface area (Å²) in [5.74, 6) is 0.367. The Kier molecular flexibility index (Phi) is 3.49. The number of methoxy groups -OCH3 is 1. The fourth-order valence-corrected chi connectivity index (χ4v) is 2.73. The van der Waals surface area contributed by atoms with Crippen molar-refractivity contribution in [1.29, 1.82) is 5.26 Å². The largest absolute Gasteiger partial charge is 0.495 e. The summed E-state index contributed by atoms with van der Waals surface area (Å²) in [5.41, 5.74) is 3.70. The summed E-state index contributed by atoms with van der Waals surface area (Å²) in [6.45, 7) is 1.56. The van der Waals surface area contributed by atoms with Crippen LogP contribution < -0.4 is 9.64 Å². The molecular formula is C17H15FN2O. The quantitative estimate of drug-likeness (QED) is 0.867. The van der Waals surface area contributed by atoms with Gasteiger partial charge in [0.2, 0.25) is 0 Å². The number of anilines is 1. The van der Waals surface area contributed by atoms with Crippen molar-refractivity contribution in [1.82, 2.24) is 0 Å². The average molecular weight is 282 g/mol. The number of fused-ring (bicyclic) bond motifs is 1. The van der Waals surface area contributed by atoms with Gasteiger partial charge in [-0.3, -0.25) is 0 Å². The lowest BCUT2D eigenvalue weighted by atomic mass is 10.1. The molecule has 2 aromatic rings. The normalized spacial score (nSPS) is 12.9. The van der Waals surface area contributed by atoms with E-state index in [0.717, 1.165) is 24.2 Å². The average Bonchev–Trinajstić information content (AvgIpc) is 2.89. The van der Waals surface area contributed by atoms with Gasteiger partial charge in [-0.15, -0.1) is 0 Å². The van der Waals surface area contributed by atoms with Crippen LogP contribution in [0.15, 0.2) is 36.4 Å². The summed E-state index contributed by atoms with van der Waals surface area (Å²) in [4.78, 5) is 2.15. The molecule has 2 aromatic carbocycles. The predicted molar refractivity (Wildman–Crippen MR) is 78.9 cm³/mol. The maximum absolute atomic E-state index is 13.4. The van der Waals surface area contributed by atoms with Crippen LogP contribution in [0, 0.1) is 17.1 Å². The molecule has 106 valence electrons. The van der Waals surface area contributed by atoms with Crippen LogP contribution in [0.1, 0.15) is 16.7 Å². The van der Waals surface area contributed by atoms with Crippen LogP contribution in [-0.4, -0.2) is 13.7 Å². The van der Waals surface area contributed by atoms with Crippen molar-refractivity contribution in [2.45, 2.75) is 13.0 Å². The SMILES string of the molecule is COc1cc(CN2CCc3ccc(F)cc32)ccc1C#N. The maximum Gasteiger partial charge on any atom is 0.136 e. The highest BCUT2D eigenvalue weighted by Crippen LogP contribution is 2.30. The van der Waals surface area contributed by atoms with E-state index in [9.17, 15) is 4.39 Å². The molecule has 0 fully saturated rings. The standard InChI is InChI=1S/C17H15FN2O/c1-21-17-8-12(2-3-14(17)10-19)11-20-7-6-13-4-5-15(18)9-16(13)20/h2-5,8-9H,6-7,11H2,1H3. The summed E-state index contributed by atoms with van der Waals surface area (Å²) >= 11 is 0. The van der Waals surface area contributed by atoms with Crippen molar-refractivity contribution in [3.63, 3.8) is 0 Å². The number of rotatable bonds is 3. The Labute approximate surface area is 123 Å². The van der Waals surface area contributed by atoms with Gasteiger partial charge in [0.25, 0.3) is 0 Å². The van der Waals surface area contributed by atoms with E-state index in [-0.39, 0.29) is 5.82 Å². The highest BCUT2D eigenvalue weighted by atomic mass is 19.1. The molecule has 0 N–H and O–H groups in total. The van der Waals surface area contributed by atoms with Gasteiger partial charge in [-0.1, -0.05) is 12.1 Å². The van der Waals surface area contributed by atoms with Gasteiger partial charge in [0.15, 0.2) is 0 Å². The third kappa shape index (κ3) is 2.55. The number of ether oxygens (including phenoxy) is 1. The van der Waals surface area contributed by atoms with Gasteiger partial charge in [0.1, 0.15) is 17.6 Å². The summed E-state index contributed by atoms with van der Waals surface area (Å²) in [5, 5.41) is 9.00. The molecule has 1 heterocycles. The maximum atomic E-state index is 13.4. The highest BCUT2D eigenvalue weighted by molar-refractivity contribution is 5.58. The van der Waals surface area contributed by atoms with E-state index in [0.29, 0.717) is 17.9 Å². The van der Waals surface area contributed by atoms with E-state index in [4.69, 9.17) is 10.00 Å². The molecule has 3 rings (SSSR count). The summed E-state index contributed by atoms with van der Waals surface area (Å²) in [7, 11) is 1.56. The Balaban J connectivity index is 1.86. The Morgan fingerprint density at radius 3 is 2.90 bits per heavy atom. The molecule has 0 aliphatic carbocycles. The second-order valence-corrected chi connectivity index (χ2v) is 5.09. The van der Waals surface area contributed by atoms with Crippen molar-refractivity contribution >= 4 is 5.69 Å². The lowest BCUT2D eigenvalue weighted by molar-refractivity contribution is 0.413. The molecule has 0 bridgehead atoms. The first-order valence-corrected chi connectivity index (χ1v) is 6.81. The Morgan fingerprint density at radius 1 is 1.29 bits per heavy atom. The number of hydrogen-bond donors (Lipinski definition) is 0. The van der Waals surface area contributed by atoms with Gasteiger partial charge in [-0.2, -0.15) is 5.26 Å². The van der Waals surface area contributed by atoms with E-state index in [2.05, 4.69) is 11.0 Å². The van der Waals surface area contributed by atoms with Gasteiger partial charge in [-0.05, 0) is 41.8 Å². The van der Waals surface area contributed by atoms with Gasteiger partial charge in [0.05, 0.1) is 12.7 Å². The fourth-order valence-electron chi connectivity index (χ4n) is 2.73. The molecule has 0 saturated carbocycles. The van der Waals surface area contributed by atoms with Crippen LogP contribution in [0.4, 0.5) is 10.1 Å². The number of benzene rings is 2. The van der Waals surface area contributed by atoms with E-state index in [1.807, 2.05) is 18.2 Å². The molecule has 0 spiro atoms. The summed E-state index contributed by atoms with van der Waals surface area (Å²) in [6, 6.07) is 12.6. The van der Waals surface area contributed by atoms with E-state index < -0.39 is 0 Å². The zero-order valence-electron chi connectivity index (χ0n) is 11.8. The van der Waals surface area contributed by atoms with Gasteiger partial charge in [-0.25, -0.2) is 4.39 Å².